The highest BCUT2D eigenvalue weighted by Gasteiger charge is 2.53. The van der Waals surface area contributed by atoms with Gasteiger partial charge in [0.15, 0.2) is 11.6 Å². The molecule has 378 valence electrons. The highest BCUT2D eigenvalue weighted by Crippen LogP contribution is 2.39. The predicted octanol–water partition coefficient (Wildman–Crippen LogP) is 5.66. The molecular formula is C51H77N5O12. The van der Waals surface area contributed by atoms with Crippen LogP contribution in [0, 0.1) is 35.5 Å². The Morgan fingerprint density at radius 3 is 2.29 bits per heavy atom. The van der Waals surface area contributed by atoms with Crippen molar-refractivity contribution in [3.63, 3.8) is 0 Å². The van der Waals surface area contributed by atoms with E-state index in [2.05, 4.69) is 15.5 Å². The third kappa shape index (κ3) is 14.0. The molecule has 0 aromatic carbocycles. The summed E-state index contributed by atoms with van der Waals surface area (Å²) in [5.74, 6) is -7.88. The maximum Gasteiger partial charge on any atom is 0.329 e. The summed E-state index contributed by atoms with van der Waals surface area (Å²) in [6, 6.07) is -1.20. The van der Waals surface area contributed by atoms with Crippen molar-refractivity contribution in [2.45, 2.75) is 173 Å². The zero-order valence-electron chi connectivity index (χ0n) is 41.6. The largest absolute Gasteiger partial charge is 0.460 e. The minimum atomic E-state index is -2.43. The minimum Gasteiger partial charge on any atom is -0.460 e. The van der Waals surface area contributed by atoms with Gasteiger partial charge in [-0.15, -0.1) is 5.10 Å². The molecule has 0 radical (unpaired) electrons. The molecule has 2 saturated heterocycles. The first-order valence-electron chi connectivity index (χ1n) is 24.6. The Bertz CT molecular complexity index is 1970. The fourth-order valence-corrected chi connectivity index (χ4v) is 10.5. The van der Waals surface area contributed by atoms with E-state index in [1.54, 1.807) is 52.1 Å². The van der Waals surface area contributed by atoms with Gasteiger partial charge >= 0.3 is 5.97 Å². The Morgan fingerprint density at radius 1 is 0.882 bits per heavy atom. The fourth-order valence-electron chi connectivity index (χ4n) is 10.5. The van der Waals surface area contributed by atoms with Gasteiger partial charge in [0.05, 0.1) is 30.5 Å². The van der Waals surface area contributed by atoms with Gasteiger partial charge in [0.1, 0.15) is 24.6 Å². The third-order valence-corrected chi connectivity index (χ3v) is 14.8. The van der Waals surface area contributed by atoms with Gasteiger partial charge in [0.2, 0.25) is 5.79 Å². The van der Waals surface area contributed by atoms with E-state index in [1.807, 2.05) is 57.2 Å². The summed E-state index contributed by atoms with van der Waals surface area (Å²) in [6.07, 6.45) is 15.7. The Balaban J connectivity index is 1.45. The van der Waals surface area contributed by atoms with Crippen molar-refractivity contribution >= 4 is 29.2 Å². The van der Waals surface area contributed by atoms with Crippen molar-refractivity contribution in [3.8, 4) is 0 Å². The molecule has 1 unspecified atom stereocenters. The van der Waals surface area contributed by atoms with Gasteiger partial charge in [-0.2, -0.15) is 0 Å². The first-order chi connectivity index (χ1) is 32.4. The van der Waals surface area contributed by atoms with E-state index >= 15 is 0 Å². The van der Waals surface area contributed by atoms with Gasteiger partial charge in [0.25, 0.3) is 11.7 Å². The first-order valence-corrected chi connectivity index (χ1v) is 24.6. The van der Waals surface area contributed by atoms with E-state index in [9.17, 15) is 34.2 Å². The zero-order valence-corrected chi connectivity index (χ0v) is 41.6. The number of carbonyl (C=O) groups is 5. The van der Waals surface area contributed by atoms with Crippen molar-refractivity contribution in [2.75, 3.05) is 27.9 Å². The summed E-state index contributed by atoms with van der Waals surface area (Å²) in [5.41, 5.74) is 0.317. The molecule has 0 spiro atoms. The molecule has 68 heavy (non-hydrogen) atoms. The Kier molecular flexibility index (Phi) is 20.5. The number of nitrogens with zero attached hydrogens (tertiary/aromatic N) is 5. The summed E-state index contributed by atoms with van der Waals surface area (Å²) in [4.78, 5) is 72.1. The normalized spacial score (nSPS) is 36.5. The number of hydrogen-bond acceptors (Lipinski definition) is 15. The molecule has 3 aliphatic heterocycles. The summed E-state index contributed by atoms with van der Waals surface area (Å²) in [6.45, 7) is 10.9. The van der Waals surface area contributed by atoms with Gasteiger partial charge in [-0.3, -0.25) is 19.2 Å². The third-order valence-electron chi connectivity index (χ3n) is 14.8. The van der Waals surface area contributed by atoms with Gasteiger partial charge in [-0.25, -0.2) is 9.48 Å². The van der Waals surface area contributed by atoms with Crippen LogP contribution in [0.3, 0.4) is 0 Å². The van der Waals surface area contributed by atoms with E-state index in [1.165, 1.54) is 12.0 Å². The molecule has 5 rings (SSSR count). The monoisotopic (exact) mass is 952 g/mol. The average Bonchev–Trinajstić information content (AvgIpc) is 3.87. The summed E-state index contributed by atoms with van der Waals surface area (Å²) < 4.78 is 31.4. The summed E-state index contributed by atoms with van der Waals surface area (Å²) >= 11 is 0. The number of amides is 1. The van der Waals surface area contributed by atoms with Crippen molar-refractivity contribution in [1.29, 1.82) is 0 Å². The van der Waals surface area contributed by atoms with Gasteiger partial charge in [-0.05, 0) is 105 Å². The number of tetrazole rings is 1. The molecule has 1 saturated carbocycles. The SMILES string of the molecule is CO[C@@H]1C=CC=CC=C[C@@H](C)C[C@H](C)C(=O)[C@H](OC)[C@H](O)C(C)C=C(C)C(=O)C[C@@H]([C@H](C)C[C@@H]2CC[C@H](n3cnnn3)[C@H](OC)C2)OC(=O)[C@@H]2CCCCN2C(=O)C(=O)[C@]2(O)O[C@@H](CC[C@H]2C)C1. The lowest BCUT2D eigenvalue weighted by molar-refractivity contribution is -0.265. The standard InChI is InChI=1S/C51H77N5O12/c1-31-16-12-10-11-13-17-38(64-7)28-39-21-19-36(6)51(63,68-39)48(60)49(61)55-23-15-14-18-41(55)50(62)67-43(33(3)26-37-20-22-40(44(27-37)65-8)56-30-52-53-54-56)29-42(57)32(2)25-35(5)46(59)47(66-9)45(58)34(4)24-31/h10-13,16-17,25,30-31,33-41,43-44,46-47,59,63H,14-15,18-24,26-29H2,1-9H3/t31-,33-,34+,35?,36-,37+,38-,39+,40+,41+,43+,44-,46-,47+,51-/m1/s1. The second kappa shape index (κ2) is 25.6. The molecule has 17 nitrogen and oxygen atoms in total. The molecule has 4 aliphatic rings. The van der Waals surface area contributed by atoms with E-state index in [4.69, 9.17) is 23.7 Å². The van der Waals surface area contributed by atoms with E-state index in [-0.39, 0.29) is 60.9 Å². The summed E-state index contributed by atoms with van der Waals surface area (Å²) in [7, 11) is 4.60. The number of ketones is 3. The summed E-state index contributed by atoms with van der Waals surface area (Å²) in [5, 5.41) is 35.1. The van der Waals surface area contributed by atoms with Crippen LogP contribution < -0.4 is 0 Å². The zero-order chi connectivity index (χ0) is 49.7. The molecule has 1 amide bonds. The number of ether oxygens (including phenoxy) is 5. The lowest BCUT2D eigenvalue weighted by Crippen LogP contribution is -2.60. The maximum absolute atomic E-state index is 14.5. The first kappa shape index (κ1) is 54.7. The van der Waals surface area contributed by atoms with Crippen LogP contribution >= 0.6 is 0 Å². The molecule has 15 atom stereocenters. The number of hydrogen-bond donors (Lipinski definition) is 2. The number of rotatable bonds is 7. The molecular weight excluding hydrogens is 875 g/mol. The number of Topliss-reactive ketones (excluding diaryl/α,β-unsaturated/α-hetero) is 3. The number of piperidine rings is 1. The van der Waals surface area contributed by atoms with Crippen LogP contribution in [0.15, 0.2) is 54.4 Å². The van der Waals surface area contributed by atoms with Crippen LogP contribution in [0.2, 0.25) is 0 Å². The van der Waals surface area contributed by atoms with Gasteiger partial charge in [-0.1, -0.05) is 77.2 Å². The van der Waals surface area contributed by atoms with Gasteiger partial charge in [0, 0.05) is 58.5 Å². The number of carbonyl (C=O) groups excluding carboxylic acids is 5. The number of aromatic nitrogens is 4. The molecule has 1 aliphatic carbocycles. The molecule has 4 heterocycles. The van der Waals surface area contributed by atoms with Crippen molar-refractivity contribution in [3.05, 3.63) is 54.4 Å². The smallest absolute Gasteiger partial charge is 0.329 e. The van der Waals surface area contributed by atoms with Crippen molar-refractivity contribution in [2.24, 2.45) is 35.5 Å². The second-order valence-electron chi connectivity index (χ2n) is 19.9. The number of aliphatic hydroxyl groups is 2. The number of aliphatic hydroxyl groups excluding tert-OH is 1. The van der Waals surface area contributed by atoms with Crippen molar-refractivity contribution in [1.82, 2.24) is 25.1 Å². The number of fused-ring (bicyclic) bond motifs is 3. The van der Waals surface area contributed by atoms with Gasteiger partial charge < -0.3 is 38.8 Å². The van der Waals surface area contributed by atoms with Crippen molar-refractivity contribution < 1.29 is 57.9 Å². The maximum atomic E-state index is 14.5. The topological polar surface area (TPSA) is 219 Å². The number of allylic oxidation sites excluding steroid dienone is 6. The average molecular weight is 952 g/mol. The lowest BCUT2D eigenvalue weighted by atomic mass is 9.77. The highest BCUT2D eigenvalue weighted by molar-refractivity contribution is 6.39. The highest BCUT2D eigenvalue weighted by atomic mass is 16.6. The van der Waals surface area contributed by atoms with Crippen LogP contribution in [-0.2, 0) is 47.7 Å². The van der Waals surface area contributed by atoms with E-state index < -0.39 is 77.8 Å². The second-order valence-corrected chi connectivity index (χ2v) is 19.9. The predicted molar refractivity (Wildman–Crippen MR) is 251 cm³/mol. The molecule has 1 aromatic heterocycles. The molecule has 2 bridgehead atoms. The van der Waals surface area contributed by atoms with Crippen LogP contribution in [0.1, 0.15) is 125 Å². The Hall–Kier alpha value is -4.26. The molecule has 3 fully saturated rings. The number of methoxy groups -OCH3 is 3. The lowest BCUT2D eigenvalue weighted by Gasteiger charge is -2.42. The van der Waals surface area contributed by atoms with Crippen LogP contribution in [-0.4, -0.2) is 141 Å². The van der Waals surface area contributed by atoms with E-state index in [0.29, 0.717) is 56.9 Å². The number of cyclic esters (lactones) is 1. The fraction of sp³-hybridized carbons (Fsp3) is 0.725. The minimum absolute atomic E-state index is 0.0233. The van der Waals surface area contributed by atoms with Crippen LogP contribution in [0.25, 0.3) is 0 Å². The Morgan fingerprint density at radius 2 is 1.62 bits per heavy atom. The molecule has 1 aromatic rings. The molecule has 2 N–H and O–H groups in total. The number of esters is 1. The van der Waals surface area contributed by atoms with E-state index in [0.717, 1.165) is 12.8 Å². The van der Waals surface area contributed by atoms with Crippen LogP contribution in [0.4, 0.5) is 0 Å². The van der Waals surface area contributed by atoms with Crippen LogP contribution in [0.5, 0.6) is 0 Å². The quantitative estimate of drug-likeness (QED) is 0.249. The Labute approximate surface area is 402 Å². The molecule has 17 heteroatoms.